The molecule has 0 saturated heterocycles. The minimum atomic E-state index is -0.344. The lowest BCUT2D eigenvalue weighted by molar-refractivity contribution is -0.118. The summed E-state index contributed by atoms with van der Waals surface area (Å²) in [5, 5.41) is 7.00. The number of carbonyl (C=O) groups excluding carboxylic acids is 1. The van der Waals surface area contributed by atoms with Crippen molar-refractivity contribution in [2.45, 2.75) is 12.8 Å². The van der Waals surface area contributed by atoms with E-state index in [-0.39, 0.29) is 11.9 Å². The Morgan fingerprint density at radius 3 is 2.75 bits per heavy atom. The number of nitrogens with zero attached hydrogens (tertiary/aromatic N) is 5. The van der Waals surface area contributed by atoms with Gasteiger partial charge in [0.25, 0.3) is 5.95 Å². The highest BCUT2D eigenvalue weighted by molar-refractivity contribution is 5.73. The quantitative estimate of drug-likeness (QED) is 0.286. The molecule has 20 heavy (non-hydrogen) atoms. The SMILES string of the molecule is NNc1nc(NCCCC(N)=O)nc(-n2cccn2)n1. The molecule has 2 heterocycles. The number of carbonyl (C=O) groups is 1. The Morgan fingerprint density at radius 1 is 1.30 bits per heavy atom. The maximum absolute atomic E-state index is 10.6. The Labute approximate surface area is 114 Å². The van der Waals surface area contributed by atoms with E-state index < -0.39 is 0 Å². The van der Waals surface area contributed by atoms with Crippen LogP contribution < -0.4 is 22.3 Å². The molecule has 0 unspecified atom stereocenters. The highest BCUT2D eigenvalue weighted by Crippen LogP contribution is 2.07. The molecule has 0 radical (unpaired) electrons. The van der Waals surface area contributed by atoms with Gasteiger partial charge in [0.2, 0.25) is 17.8 Å². The molecule has 0 spiro atoms. The zero-order valence-corrected chi connectivity index (χ0v) is 10.7. The van der Waals surface area contributed by atoms with Crippen LogP contribution in [0.25, 0.3) is 5.95 Å². The molecule has 2 rings (SSSR count). The first kappa shape index (κ1) is 13.7. The average Bonchev–Trinajstić information content (AvgIpc) is 2.97. The van der Waals surface area contributed by atoms with E-state index in [9.17, 15) is 4.79 Å². The Bertz CT molecular complexity index is 568. The van der Waals surface area contributed by atoms with Crippen molar-refractivity contribution in [3.05, 3.63) is 18.5 Å². The summed E-state index contributed by atoms with van der Waals surface area (Å²) in [6.45, 7) is 0.509. The number of hydrazine groups is 1. The van der Waals surface area contributed by atoms with Crippen LogP contribution in [0.15, 0.2) is 18.5 Å². The number of nitrogen functional groups attached to an aromatic ring is 1. The second-order valence-electron chi connectivity index (χ2n) is 3.87. The van der Waals surface area contributed by atoms with Crippen LogP contribution >= 0.6 is 0 Å². The van der Waals surface area contributed by atoms with Crippen LogP contribution in [0, 0.1) is 0 Å². The number of rotatable bonds is 7. The van der Waals surface area contributed by atoms with Gasteiger partial charge in [-0.25, -0.2) is 10.5 Å². The van der Waals surface area contributed by atoms with Crippen LogP contribution in [0.1, 0.15) is 12.8 Å². The van der Waals surface area contributed by atoms with Gasteiger partial charge in [-0.3, -0.25) is 10.2 Å². The molecule has 0 bridgehead atoms. The van der Waals surface area contributed by atoms with Gasteiger partial charge in [-0.05, 0) is 12.5 Å². The fourth-order valence-corrected chi connectivity index (χ4v) is 1.46. The van der Waals surface area contributed by atoms with Crippen LogP contribution in [0.5, 0.6) is 0 Å². The molecule has 2 aromatic rings. The molecule has 2 aromatic heterocycles. The van der Waals surface area contributed by atoms with Gasteiger partial charge in [0, 0.05) is 25.4 Å². The summed E-state index contributed by atoms with van der Waals surface area (Å²) in [5.74, 6) is 5.85. The number of hydrogen-bond donors (Lipinski definition) is 4. The van der Waals surface area contributed by atoms with Gasteiger partial charge in [0.1, 0.15) is 0 Å². The zero-order valence-electron chi connectivity index (χ0n) is 10.7. The molecule has 0 fully saturated rings. The third-order valence-electron chi connectivity index (χ3n) is 2.35. The van der Waals surface area contributed by atoms with Gasteiger partial charge in [-0.15, -0.1) is 0 Å². The first-order valence-electron chi connectivity index (χ1n) is 5.94. The number of amides is 1. The molecule has 0 aromatic carbocycles. The summed E-state index contributed by atoms with van der Waals surface area (Å²) in [5.41, 5.74) is 7.42. The maximum atomic E-state index is 10.6. The molecule has 0 aliphatic heterocycles. The van der Waals surface area contributed by atoms with Crippen LogP contribution in [0.4, 0.5) is 11.9 Å². The Morgan fingerprint density at radius 2 is 2.10 bits per heavy atom. The highest BCUT2D eigenvalue weighted by Gasteiger charge is 2.07. The second kappa shape index (κ2) is 6.43. The maximum Gasteiger partial charge on any atom is 0.257 e. The molecule has 6 N–H and O–H groups in total. The van der Waals surface area contributed by atoms with E-state index in [1.54, 1.807) is 18.5 Å². The number of nitrogens with one attached hydrogen (secondary N) is 2. The smallest absolute Gasteiger partial charge is 0.257 e. The molecular weight excluding hydrogens is 262 g/mol. The third kappa shape index (κ3) is 3.62. The van der Waals surface area contributed by atoms with Crippen molar-refractivity contribution < 1.29 is 4.79 Å². The van der Waals surface area contributed by atoms with Gasteiger partial charge < -0.3 is 11.1 Å². The minimum absolute atomic E-state index is 0.211. The van der Waals surface area contributed by atoms with E-state index in [0.717, 1.165) is 0 Å². The van der Waals surface area contributed by atoms with Crippen molar-refractivity contribution in [1.82, 2.24) is 24.7 Å². The molecule has 0 atom stereocenters. The van der Waals surface area contributed by atoms with E-state index in [2.05, 4.69) is 30.8 Å². The third-order valence-corrected chi connectivity index (χ3v) is 2.35. The lowest BCUT2D eigenvalue weighted by Crippen LogP contribution is -2.17. The topological polar surface area (TPSA) is 150 Å². The molecule has 1 amide bonds. The zero-order chi connectivity index (χ0) is 14.4. The normalized spacial score (nSPS) is 10.2. The second-order valence-corrected chi connectivity index (χ2v) is 3.87. The van der Waals surface area contributed by atoms with E-state index in [1.165, 1.54) is 4.68 Å². The predicted molar refractivity (Wildman–Crippen MR) is 71.7 cm³/mol. The monoisotopic (exact) mass is 277 g/mol. The van der Waals surface area contributed by atoms with Crippen LogP contribution in [-0.2, 0) is 4.79 Å². The van der Waals surface area contributed by atoms with Crippen LogP contribution in [-0.4, -0.2) is 37.2 Å². The fourth-order valence-electron chi connectivity index (χ4n) is 1.46. The summed E-state index contributed by atoms with van der Waals surface area (Å²) >= 11 is 0. The summed E-state index contributed by atoms with van der Waals surface area (Å²) in [6, 6.07) is 1.75. The summed E-state index contributed by atoms with van der Waals surface area (Å²) < 4.78 is 1.48. The van der Waals surface area contributed by atoms with Crippen LogP contribution in [0.2, 0.25) is 0 Å². The lowest BCUT2D eigenvalue weighted by atomic mass is 10.3. The molecule has 0 aliphatic carbocycles. The molecule has 0 saturated carbocycles. The van der Waals surface area contributed by atoms with E-state index in [0.29, 0.717) is 31.3 Å². The van der Waals surface area contributed by atoms with E-state index in [4.69, 9.17) is 11.6 Å². The first-order valence-corrected chi connectivity index (χ1v) is 5.94. The molecule has 10 heteroatoms. The number of anilines is 2. The van der Waals surface area contributed by atoms with E-state index >= 15 is 0 Å². The van der Waals surface area contributed by atoms with Crippen molar-refractivity contribution >= 4 is 17.8 Å². The van der Waals surface area contributed by atoms with Crippen molar-refractivity contribution in [2.24, 2.45) is 11.6 Å². The fraction of sp³-hybridized carbons (Fsp3) is 0.300. The number of nitrogens with two attached hydrogens (primary N) is 2. The summed E-state index contributed by atoms with van der Waals surface area (Å²) in [4.78, 5) is 23.0. The molecule has 106 valence electrons. The largest absolute Gasteiger partial charge is 0.370 e. The predicted octanol–water partition coefficient (Wildman–Crippen LogP) is -0.980. The van der Waals surface area contributed by atoms with Crippen LogP contribution in [0.3, 0.4) is 0 Å². The number of hydrogen-bond acceptors (Lipinski definition) is 8. The Kier molecular flexibility index (Phi) is 4.39. The Balaban J connectivity index is 2.08. The van der Waals surface area contributed by atoms with Gasteiger partial charge in [-0.2, -0.15) is 20.1 Å². The number of aromatic nitrogens is 5. The summed E-state index contributed by atoms with van der Waals surface area (Å²) in [7, 11) is 0. The van der Waals surface area contributed by atoms with Crippen molar-refractivity contribution in [2.75, 3.05) is 17.3 Å². The van der Waals surface area contributed by atoms with Crippen molar-refractivity contribution in [3.8, 4) is 5.95 Å². The van der Waals surface area contributed by atoms with Gasteiger partial charge in [-0.1, -0.05) is 0 Å². The summed E-state index contributed by atoms with van der Waals surface area (Å²) in [6.07, 6.45) is 4.20. The number of primary amides is 1. The van der Waals surface area contributed by atoms with Gasteiger partial charge >= 0.3 is 0 Å². The molecular formula is C10H15N9O. The molecule has 0 aliphatic rings. The molecule has 10 nitrogen and oxygen atoms in total. The van der Waals surface area contributed by atoms with Crippen molar-refractivity contribution in [1.29, 1.82) is 0 Å². The standard InChI is InChI=1S/C10H15N9O/c11-7(20)3-1-4-13-8-15-9(18-12)17-10(16-8)19-6-2-5-14-19/h2,5-6H,1,3-4,12H2,(H2,11,20)(H2,13,15,16,17,18). The van der Waals surface area contributed by atoms with E-state index in [1.807, 2.05) is 0 Å². The first-order chi connectivity index (χ1) is 9.69. The Hall–Kier alpha value is -2.75. The minimum Gasteiger partial charge on any atom is -0.370 e. The highest BCUT2D eigenvalue weighted by atomic mass is 16.1. The van der Waals surface area contributed by atoms with Gasteiger partial charge in [0.15, 0.2) is 0 Å². The van der Waals surface area contributed by atoms with Gasteiger partial charge in [0.05, 0.1) is 0 Å². The average molecular weight is 277 g/mol. The van der Waals surface area contributed by atoms with Crippen molar-refractivity contribution in [3.63, 3.8) is 0 Å². The lowest BCUT2D eigenvalue weighted by Gasteiger charge is -2.07.